The highest BCUT2D eigenvalue weighted by atomic mass is 16.3. The maximum absolute atomic E-state index is 10.6. The van der Waals surface area contributed by atoms with Crippen LogP contribution in [0.3, 0.4) is 0 Å². The van der Waals surface area contributed by atoms with Crippen LogP contribution >= 0.6 is 0 Å². The lowest BCUT2D eigenvalue weighted by Gasteiger charge is -2.01. The van der Waals surface area contributed by atoms with Crippen molar-refractivity contribution in [3.63, 3.8) is 0 Å². The first-order chi connectivity index (χ1) is 7.29. The number of aromatic hydroxyl groups is 1. The van der Waals surface area contributed by atoms with Crippen LogP contribution in [0.2, 0.25) is 0 Å². The molecule has 0 saturated heterocycles. The van der Waals surface area contributed by atoms with E-state index in [0.29, 0.717) is 5.56 Å². The van der Waals surface area contributed by atoms with Crippen LogP contribution < -0.4 is 0 Å². The molecular weight excluding hydrogens is 190 g/mol. The minimum atomic E-state index is 0.198. The van der Waals surface area contributed by atoms with E-state index < -0.39 is 0 Å². The molecule has 0 saturated carbocycles. The first-order valence-electron chi connectivity index (χ1n) is 4.49. The van der Waals surface area contributed by atoms with Crippen molar-refractivity contribution in [1.82, 2.24) is 4.98 Å². The maximum atomic E-state index is 10.6. The molecule has 0 fully saturated rings. The van der Waals surface area contributed by atoms with Crippen LogP contribution in [0.5, 0.6) is 5.75 Å². The van der Waals surface area contributed by atoms with Crippen molar-refractivity contribution in [2.24, 2.45) is 0 Å². The van der Waals surface area contributed by atoms with Crippen molar-refractivity contribution in [2.75, 3.05) is 0 Å². The number of aldehydes is 1. The SMILES string of the molecule is O=Cc1cncc(-c2cccc(O)c2)c1. The van der Waals surface area contributed by atoms with Gasteiger partial charge in [0.1, 0.15) is 5.75 Å². The van der Waals surface area contributed by atoms with Gasteiger partial charge in [-0.2, -0.15) is 0 Å². The van der Waals surface area contributed by atoms with Crippen LogP contribution in [0.15, 0.2) is 42.7 Å². The van der Waals surface area contributed by atoms with Crippen molar-refractivity contribution < 1.29 is 9.90 Å². The van der Waals surface area contributed by atoms with E-state index in [0.717, 1.165) is 17.4 Å². The van der Waals surface area contributed by atoms with Gasteiger partial charge in [0.25, 0.3) is 0 Å². The Balaban J connectivity index is 2.49. The smallest absolute Gasteiger partial charge is 0.151 e. The molecular formula is C12H9NO2. The summed E-state index contributed by atoms with van der Waals surface area (Å²) in [5.74, 6) is 0.198. The highest BCUT2D eigenvalue weighted by Crippen LogP contribution is 2.22. The first-order valence-corrected chi connectivity index (χ1v) is 4.49. The summed E-state index contributed by atoms with van der Waals surface area (Å²) in [6, 6.07) is 8.56. The molecule has 3 heteroatoms. The van der Waals surface area contributed by atoms with Gasteiger partial charge in [-0.05, 0) is 23.8 Å². The quantitative estimate of drug-likeness (QED) is 0.755. The van der Waals surface area contributed by atoms with E-state index in [1.54, 1.807) is 30.5 Å². The lowest BCUT2D eigenvalue weighted by atomic mass is 10.1. The number of carbonyl (C=O) groups is 1. The monoisotopic (exact) mass is 199 g/mol. The average Bonchev–Trinajstić information content (AvgIpc) is 2.29. The fourth-order valence-corrected chi connectivity index (χ4v) is 1.37. The third kappa shape index (κ3) is 2.02. The van der Waals surface area contributed by atoms with E-state index >= 15 is 0 Å². The number of carbonyl (C=O) groups excluding carboxylic acids is 1. The van der Waals surface area contributed by atoms with Gasteiger partial charge in [-0.1, -0.05) is 12.1 Å². The molecule has 0 aliphatic carbocycles. The number of nitrogens with zero attached hydrogens (tertiary/aromatic N) is 1. The number of aromatic nitrogens is 1. The van der Waals surface area contributed by atoms with Crippen LogP contribution in [-0.4, -0.2) is 16.4 Å². The Morgan fingerprint density at radius 2 is 2.00 bits per heavy atom. The molecule has 0 spiro atoms. The van der Waals surface area contributed by atoms with E-state index in [-0.39, 0.29) is 5.75 Å². The van der Waals surface area contributed by atoms with E-state index in [9.17, 15) is 9.90 Å². The molecule has 0 aliphatic rings. The highest BCUT2D eigenvalue weighted by Gasteiger charge is 2.00. The Kier molecular flexibility index (Phi) is 2.46. The largest absolute Gasteiger partial charge is 0.508 e. The lowest BCUT2D eigenvalue weighted by molar-refractivity contribution is 0.112. The molecule has 0 radical (unpaired) electrons. The summed E-state index contributed by atoms with van der Waals surface area (Å²) in [6.07, 6.45) is 3.90. The molecule has 2 aromatic rings. The van der Waals surface area contributed by atoms with Crippen LogP contribution in [-0.2, 0) is 0 Å². The van der Waals surface area contributed by atoms with Crippen molar-refractivity contribution in [3.8, 4) is 16.9 Å². The Hall–Kier alpha value is -2.16. The predicted octanol–water partition coefficient (Wildman–Crippen LogP) is 2.27. The number of pyridine rings is 1. The van der Waals surface area contributed by atoms with E-state index in [1.165, 1.54) is 6.20 Å². The lowest BCUT2D eigenvalue weighted by Crippen LogP contribution is -1.85. The molecule has 1 N–H and O–H groups in total. The Labute approximate surface area is 87.0 Å². The first kappa shape index (κ1) is 9.40. The van der Waals surface area contributed by atoms with Crippen LogP contribution in [0.1, 0.15) is 10.4 Å². The van der Waals surface area contributed by atoms with Crippen LogP contribution in [0, 0.1) is 0 Å². The normalized spacial score (nSPS) is 9.87. The summed E-state index contributed by atoms with van der Waals surface area (Å²) < 4.78 is 0. The minimum Gasteiger partial charge on any atom is -0.508 e. The molecule has 3 nitrogen and oxygen atoms in total. The molecule has 1 aromatic carbocycles. The van der Waals surface area contributed by atoms with E-state index in [2.05, 4.69) is 4.98 Å². The second-order valence-corrected chi connectivity index (χ2v) is 3.18. The molecule has 0 amide bonds. The maximum Gasteiger partial charge on any atom is 0.151 e. The van der Waals surface area contributed by atoms with Gasteiger partial charge in [0, 0.05) is 23.5 Å². The molecule has 2 rings (SSSR count). The second-order valence-electron chi connectivity index (χ2n) is 3.18. The van der Waals surface area contributed by atoms with Gasteiger partial charge in [-0.15, -0.1) is 0 Å². The van der Waals surface area contributed by atoms with E-state index in [4.69, 9.17) is 0 Å². The fourth-order valence-electron chi connectivity index (χ4n) is 1.37. The second kappa shape index (κ2) is 3.92. The van der Waals surface area contributed by atoms with Gasteiger partial charge in [0.2, 0.25) is 0 Å². The number of benzene rings is 1. The number of phenols is 1. The Morgan fingerprint density at radius 3 is 2.73 bits per heavy atom. The van der Waals surface area contributed by atoms with Gasteiger partial charge >= 0.3 is 0 Å². The van der Waals surface area contributed by atoms with E-state index in [1.807, 2.05) is 6.07 Å². The molecule has 0 atom stereocenters. The topological polar surface area (TPSA) is 50.2 Å². The molecule has 0 aliphatic heterocycles. The van der Waals surface area contributed by atoms with Gasteiger partial charge in [0.05, 0.1) is 0 Å². The molecule has 0 unspecified atom stereocenters. The molecule has 1 heterocycles. The fraction of sp³-hybridized carbons (Fsp3) is 0. The molecule has 74 valence electrons. The zero-order valence-corrected chi connectivity index (χ0v) is 7.92. The summed E-state index contributed by atoms with van der Waals surface area (Å²) in [5.41, 5.74) is 2.18. The van der Waals surface area contributed by atoms with Crippen molar-refractivity contribution in [1.29, 1.82) is 0 Å². The number of phenolic OH excluding ortho intramolecular Hbond substituents is 1. The summed E-state index contributed by atoms with van der Waals surface area (Å²) >= 11 is 0. The molecule has 0 bridgehead atoms. The molecule has 15 heavy (non-hydrogen) atoms. The van der Waals surface area contributed by atoms with Gasteiger partial charge in [-0.25, -0.2) is 0 Å². The van der Waals surface area contributed by atoms with Crippen LogP contribution in [0.25, 0.3) is 11.1 Å². The van der Waals surface area contributed by atoms with Gasteiger partial charge in [-0.3, -0.25) is 9.78 Å². The van der Waals surface area contributed by atoms with Crippen LogP contribution in [0.4, 0.5) is 0 Å². The molecule has 1 aromatic heterocycles. The zero-order chi connectivity index (χ0) is 10.7. The third-order valence-corrected chi connectivity index (χ3v) is 2.07. The predicted molar refractivity (Wildman–Crippen MR) is 56.7 cm³/mol. The van der Waals surface area contributed by atoms with Crippen molar-refractivity contribution in [3.05, 3.63) is 48.3 Å². The Bertz CT molecular complexity index is 494. The minimum absolute atomic E-state index is 0.198. The summed E-state index contributed by atoms with van der Waals surface area (Å²) in [5, 5.41) is 9.31. The van der Waals surface area contributed by atoms with Crippen molar-refractivity contribution in [2.45, 2.75) is 0 Å². The number of hydrogen-bond acceptors (Lipinski definition) is 3. The zero-order valence-electron chi connectivity index (χ0n) is 7.92. The van der Waals surface area contributed by atoms with Gasteiger partial charge < -0.3 is 5.11 Å². The summed E-state index contributed by atoms with van der Waals surface area (Å²) in [6.45, 7) is 0. The summed E-state index contributed by atoms with van der Waals surface area (Å²) in [7, 11) is 0. The standard InChI is InChI=1S/C12H9NO2/c14-8-9-4-11(7-13-6-9)10-2-1-3-12(15)5-10/h1-8,15H. The average molecular weight is 199 g/mol. The number of rotatable bonds is 2. The third-order valence-electron chi connectivity index (χ3n) is 2.07. The van der Waals surface area contributed by atoms with Crippen molar-refractivity contribution >= 4 is 6.29 Å². The number of hydrogen-bond donors (Lipinski definition) is 1. The highest BCUT2D eigenvalue weighted by molar-refractivity contribution is 5.78. The van der Waals surface area contributed by atoms with Gasteiger partial charge in [0.15, 0.2) is 6.29 Å². The Morgan fingerprint density at radius 1 is 1.13 bits per heavy atom. The summed E-state index contributed by atoms with van der Waals surface area (Å²) in [4.78, 5) is 14.5.